The van der Waals surface area contributed by atoms with Crippen molar-refractivity contribution in [2.24, 2.45) is 35.5 Å². The summed E-state index contributed by atoms with van der Waals surface area (Å²) in [5.74, 6) is -10.2. The van der Waals surface area contributed by atoms with Gasteiger partial charge in [0.15, 0.2) is 0 Å². The molecule has 0 aromatic carbocycles. The Balaban J connectivity index is 1.28. The summed E-state index contributed by atoms with van der Waals surface area (Å²) in [4.78, 5) is 192. The molecule has 3 unspecified atom stereocenters. The second kappa shape index (κ2) is 35.9. The van der Waals surface area contributed by atoms with Gasteiger partial charge in [-0.2, -0.15) is 13.2 Å². The van der Waals surface area contributed by atoms with Crippen molar-refractivity contribution < 1.29 is 70.7 Å². The van der Waals surface area contributed by atoms with E-state index in [1.807, 2.05) is 34.6 Å². The second-order valence-electron chi connectivity index (χ2n) is 31.5. The molecular formula is C73H118ClF3N12O12. The van der Waals surface area contributed by atoms with Crippen LogP contribution in [0.4, 0.5) is 13.2 Å². The van der Waals surface area contributed by atoms with Gasteiger partial charge in [-0.15, -0.1) is 11.6 Å². The minimum atomic E-state index is -4.51. The first-order valence-electron chi connectivity index (χ1n) is 37.6. The van der Waals surface area contributed by atoms with Gasteiger partial charge in [0.25, 0.3) is 0 Å². The Hall–Kier alpha value is -6.28. The predicted octanol–water partition coefficient (Wildman–Crippen LogP) is 6.48. The number of nitrogens with zero attached hydrogens (tertiary/aromatic N) is 9. The van der Waals surface area contributed by atoms with Crippen LogP contribution in [0, 0.1) is 35.5 Å². The van der Waals surface area contributed by atoms with E-state index < -0.39 is 167 Å². The van der Waals surface area contributed by atoms with E-state index in [1.54, 1.807) is 11.8 Å². The number of fused-ring (bicyclic) bond motifs is 2. The summed E-state index contributed by atoms with van der Waals surface area (Å²) in [7, 11) is 8.71. The monoisotopic (exact) mass is 1450 g/mol. The molecule has 0 aromatic rings. The highest BCUT2D eigenvalue weighted by molar-refractivity contribution is 6.21. The number of halogens is 4. The summed E-state index contributed by atoms with van der Waals surface area (Å²) in [6.45, 7) is 13.1. The second-order valence-corrected chi connectivity index (χ2v) is 32.1. The lowest BCUT2D eigenvalue weighted by molar-refractivity contribution is -0.182. The number of carbonyl (C=O) groups is 12. The molecule has 0 radical (unpaired) electrons. The van der Waals surface area contributed by atoms with Crippen molar-refractivity contribution in [3.8, 4) is 0 Å². The molecule has 7 aliphatic rings. The summed E-state index contributed by atoms with van der Waals surface area (Å²) in [6, 6.07) is -10.8. The Bertz CT molecular complexity index is 2960. The Morgan fingerprint density at radius 1 is 0.574 bits per heavy atom. The summed E-state index contributed by atoms with van der Waals surface area (Å²) in [6.07, 6.45) is 4.72. The molecule has 4 aliphatic heterocycles. The lowest BCUT2D eigenvalue weighted by Crippen LogP contribution is -2.65. The van der Waals surface area contributed by atoms with Crippen molar-refractivity contribution in [3.05, 3.63) is 0 Å². The van der Waals surface area contributed by atoms with Gasteiger partial charge < -0.3 is 60.0 Å². The average molecular weight is 1450 g/mol. The highest BCUT2D eigenvalue weighted by atomic mass is 35.5. The van der Waals surface area contributed by atoms with Gasteiger partial charge >= 0.3 is 6.18 Å². The zero-order valence-electron chi connectivity index (χ0n) is 62.4. The number of likely N-dealkylation sites (tertiary alicyclic amines) is 1. The summed E-state index contributed by atoms with van der Waals surface area (Å²) < 4.78 is 42.1. The van der Waals surface area contributed by atoms with E-state index in [2.05, 4.69) is 16.0 Å². The quantitative estimate of drug-likeness (QED) is 0.177. The van der Waals surface area contributed by atoms with Crippen LogP contribution < -0.4 is 16.0 Å². The molecule has 7 rings (SSSR count). The van der Waals surface area contributed by atoms with Crippen molar-refractivity contribution in [2.45, 2.75) is 280 Å². The minimum absolute atomic E-state index is 0.00140. The van der Waals surface area contributed by atoms with E-state index >= 15 is 33.6 Å². The molecule has 3 aliphatic carbocycles. The van der Waals surface area contributed by atoms with Crippen molar-refractivity contribution >= 4 is 82.5 Å². The molecule has 570 valence electrons. The molecule has 12 amide bonds. The van der Waals surface area contributed by atoms with Crippen LogP contribution in [0.3, 0.4) is 0 Å². The Labute approximate surface area is 601 Å². The maximum absolute atomic E-state index is 15.5. The molecule has 3 N–H and O–H groups in total. The SMILES string of the molecule is CC[C@H](C)[C@@H]1NC(=O)[C@H](CC(C)C)N(C)C(=O)C[C@@H](C(=O)N2CCCCC2)N(C)C(=O)[C@H](CC(C)C)N(C)C(=O)C2(CCCC2)NC(=O)[C@@H]2CCCN2C(=O)[C@H](CCC2CCC(C(F)(F)F)C(Cl)C2)NC(=O)CN(C)C(=O)[C@H](CC2CCCCC2)N(C)C(=O)[C@@H]2CCN2C(=O)[C@H](C)N(C)C1=O. The highest BCUT2D eigenvalue weighted by Gasteiger charge is 2.52. The number of carbonyl (C=O) groups excluding carboxylic acids is 12. The van der Waals surface area contributed by atoms with Crippen LogP contribution in [-0.2, 0) is 57.5 Å². The van der Waals surface area contributed by atoms with Gasteiger partial charge in [0, 0.05) is 73.8 Å². The number of piperidine rings is 1. The summed E-state index contributed by atoms with van der Waals surface area (Å²) in [5, 5.41) is 7.64. The van der Waals surface area contributed by atoms with Crippen LogP contribution in [0.2, 0.25) is 0 Å². The van der Waals surface area contributed by atoms with Crippen LogP contribution in [0.25, 0.3) is 0 Å². The fraction of sp³-hybridized carbons (Fsp3) is 0.836. The van der Waals surface area contributed by atoms with Crippen LogP contribution in [0.15, 0.2) is 0 Å². The van der Waals surface area contributed by atoms with Crippen LogP contribution in [0.5, 0.6) is 0 Å². The van der Waals surface area contributed by atoms with Crippen LogP contribution in [0.1, 0.15) is 209 Å². The molecule has 24 nitrogen and oxygen atoms in total. The zero-order valence-corrected chi connectivity index (χ0v) is 63.1. The molecule has 4 saturated heterocycles. The highest BCUT2D eigenvalue weighted by Crippen LogP contribution is 2.44. The smallest absolute Gasteiger partial charge is 0.343 e. The van der Waals surface area contributed by atoms with E-state index in [4.69, 9.17) is 11.6 Å². The van der Waals surface area contributed by atoms with Crippen LogP contribution in [-0.4, -0.2) is 261 Å². The molecule has 101 heavy (non-hydrogen) atoms. The Kier molecular flexibility index (Phi) is 29.2. The predicted molar refractivity (Wildman–Crippen MR) is 375 cm³/mol. The third-order valence-electron chi connectivity index (χ3n) is 23.4. The molecule has 13 atom stereocenters. The third kappa shape index (κ3) is 20.0. The first-order valence-corrected chi connectivity index (χ1v) is 38.1. The number of alkyl halides is 4. The third-order valence-corrected chi connectivity index (χ3v) is 23.9. The van der Waals surface area contributed by atoms with Gasteiger partial charge in [0.2, 0.25) is 70.9 Å². The number of likely N-dealkylation sites (N-methyl/N-ethyl adjacent to an activating group) is 6. The minimum Gasteiger partial charge on any atom is -0.343 e. The number of hydrogen-bond acceptors (Lipinski definition) is 12. The average Bonchev–Trinajstić information content (AvgIpc) is 1.77. The molecule has 3 saturated carbocycles. The topological polar surface area (TPSA) is 270 Å². The maximum Gasteiger partial charge on any atom is 0.393 e. The molecule has 7 fully saturated rings. The molecule has 4 heterocycles. The van der Waals surface area contributed by atoms with Crippen molar-refractivity contribution in [1.82, 2.24) is 60.0 Å². The van der Waals surface area contributed by atoms with Gasteiger partial charge in [-0.05, 0) is 139 Å². The van der Waals surface area contributed by atoms with Gasteiger partial charge in [0.1, 0.15) is 59.9 Å². The zero-order chi connectivity index (χ0) is 74.7. The largest absolute Gasteiger partial charge is 0.393 e. The fourth-order valence-corrected chi connectivity index (χ4v) is 17.0. The summed E-state index contributed by atoms with van der Waals surface area (Å²) >= 11 is 6.41. The van der Waals surface area contributed by atoms with Crippen molar-refractivity contribution in [1.29, 1.82) is 0 Å². The van der Waals surface area contributed by atoms with E-state index in [0.717, 1.165) is 38.5 Å². The first-order chi connectivity index (χ1) is 47.5. The normalized spacial score (nSPS) is 30.8. The number of rotatable bonds is 12. The first kappa shape index (κ1) is 82.0. The summed E-state index contributed by atoms with van der Waals surface area (Å²) in [5.41, 5.74) is -1.56. The Morgan fingerprint density at radius 2 is 1.19 bits per heavy atom. The molecule has 28 heteroatoms. The lowest BCUT2D eigenvalue weighted by Gasteiger charge is -2.45. The van der Waals surface area contributed by atoms with Crippen LogP contribution >= 0.6 is 11.6 Å². The van der Waals surface area contributed by atoms with E-state index in [1.165, 1.54) is 88.4 Å². The lowest BCUT2D eigenvalue weighted by atomic mass is 9.78. The van der Waals surface area contributed by atoms with Gasteiger partial charge in [-0.25, -0.2) is 0 Å². The standard InChI is InChI=1S/C73H118ClF3N12O12/c1-14-46(6)61-70(100)82(9)47(7)64(94)89-37-31-54(89)67(97)84(11)57(41-48-24-17-15-18-25-48)66(96)81(8)43-59(90)78-52(30-28-49-27-29-50(51(74)40-49)73(75,76)77)65(95)88-36-23-26-53(88)63(93)80-72(32-19-20-33-72)71(101)86(13)56(39-45(4)5)68(98)85(12)58(69(99)87-34-21-16-22-35-87)42-60(91)83(10)55(38-44(2)3)62(92)79-61/h44-58,61H,14-43H2,1-13H3,(H,78,90)(H,79,92)(H,80,93)/t46-,47-,49?,50?,51?,52-,53-,54-,55-,56-,57-,58-,61-/m0/s1. The van der Waals surface area contributed by atoms with Gasteiger partial charge in [-0.3, -0.25) is 57.5 Å². The molecule has 0 bridgehead atoms. The number of nitrogens with one attached hydrogen (secondary N) is 3. The van der Waals surface area contributed by atoms with E-state index in [0.29, 0.717) is 51.6 Å². The van der Waals surface area contributed by atoms with E-state index in [-0.39, 0.29) is 114 Å². The fourth-order valence-electron chi connectivity index (χ4n) is 16.5. The molecule has 0 aromatic heterocycles. The van der Waals surface area contributed by atoms with Gasteiger partial charge in [-0.1, -0.05) is 92.9 Å². The van der Waals surface area contributed by atoms with Crippen molar-refractivity contribution in [3.63, 3.8) is 0 Å². The number of amides is 12. The molecule has 1 spiro atoms. The molecular weight excluding hydrogens is 1330 g/mol. The van der Waals surface area contributed by atoms with E-state index in [9.17, 15) is 37.1 Å². The van der Waals surface area contributed by atoms with Crippen molar-refractivity contribution in [2.75, 3.05) is 75.0 Å². The number of hydrogen-bond donors (Lipinski definition) is 3. The van der Waals surface area contributed by atoms with Gasteiger partial charge in [0.05, 0.1) is 18.9 Å². The maximum atomic E-state index is 15.5. The Morgan fingerprint density at radius 3 is 1.77 bits per heavy atom.